The summed E-state index contributed by atoms with van der Waals surface area (Å²) in [6.07, 6.45) is 10.3. The molecule has 22 heavy (non-hydrogen) atoms. The lowest BCUT2D eigenvalue weighted by molar-refractivity contribution is -0.384. The van der Waals surface area contributed by atoms with Crippen LogP contribution in [0.4, 0.5) is 5.69 Å². The number of nitro groups is 1. The highest BCUT2D eigenvalue weighted by Crippen LogP contribution is 2.23. The first-order valence-corrected chi connectivity index (χ1v) is 6.77. The topological polar surface area (TPSA) is 97.8 Å². The number of hydrogen-bond donors (Lipinski definition) is 2. The van der Waals surface area contributed by atoms with Gasteiger partial charge in [-0.3, -0.25) is 10.1 Å². The second kappa shape index (κ2) is 5.69. The van der Waals surface area contributed by atoms with Gasteiger partial charge in [0.2, 0.25) is 0 Å². The number of nitro benzene ring substituents is 1. The van der Waals surface area contributed by atoms with Gasteiger partial charge in [0.1, 0.15) is 5.82 Å². The van der Waals surface area contributed by atoms with Crippen LogP contribution in [-0.4, -0.2) is 14.9 Å². The monoisotopic (exact) mass is 294 g/mol. The minimum Gasteiger partial charge on any atom is -0.399 e. The molecule has 0 radical (unpaired) electrons. The van der Waals surface area contributed by atoms with Gasteiger partial charge < -0.3 is 10.7 Å². The Labute approximate surface area is 126 Å². The zero-order valence-electron chi connectivity index (χ0n) is 11.7. The van der Waals surface area contributed by atoms with Crippen molar-refractivity contribution in [2.45, 2.75) is 6.42 Å². The van der Waals surface area contributed by atoms with Crippen molar-refractivity contribution in [2.24, 2.45) is 5.73 Å². The maximum Gasteiger partial charge on any atom is 0.269 e. The van der Waals surface area contributed by atoms with Gasteiger partial charge in [0, 0.05) is 23.4 Å². The number of aromatic amines is 1. The molecule has 3 N–H and O–H groups in total. The maximum atomic E-state index is 10.7. The van der Waals surface area contributed by atoms with Gasteiger partial charge in [0.05, 0.1) is 16.8 Å². The van der Waals surface area contributed by atoms with Crippen LogP contribution in [0, 0.1) is 10.1 Å². The second-order valence-corrected chi connectivity index (χ2v) is 4.88. The van der Waals surface area contributed by atoms with Crippen LogP contribution in [0.3, 0.4) is 0 Å². The summed E-state index contributed by atoms with van der Waals surface area (Å²) in [6.45, 7) is 0. The number of nitrogens with two attached hydrogens (primary N) is 1. The minimum atomic E-state index is -0.421. The Morgan fingerprint density at radius 2 is 1.95 bits per heavy atom. The average molecular weight is 294 g/mol. The maximum absolute atomic E-state index is 10.7. The normalized spacial score (nSPS) is 14.2. The van der Waals surface area contributed by atoms with Crippen LogP contribution < -0.4 is 5.73 Å². The molecule has 0 aliphatic heterocycles. The van der Waals surface area contributed by atoms with Crippen molar-refractivity contribution in [1.29, 1.82) is 0 Å². The summed E-state index contributed by atoms with van der Waals surface area (Å²) in [4.78, 5) is 17.8. The Morgan fingerprint density at radius 1 is 1.18 bits per heavy atom. The standard InChI is InChI=1S/C16H14N4O2/c17-13-3-1-2-11(4-7-13)15-10-18-16(19-15)12-5-8-14(9-6-12)20(21)22/h2-10H,1,17H2,(H,18,19). The SMILES string of the molecule is NC1=CCC=C(c2cnc(-c3ccc([N+](=O)[O-])cc3)[nH]2)C=C1. The van der Waals surface area contributed by atoms with Crippen LogP contribution in [0.25, 0.3) is 17.0 Å². The van der Waals surface area contributed by atoms with Crippen molar-refractivity contribution >= 4 is 11.3 Å². The molecule has 6 nitrogen and oxygen atoms in total. The third kappa shape index (κ3) is 2.80. The first-order chi connectivity index (χ1) is 10.6. The Kier molecular flexibility index (Phi) is 3.57. The van der Waals surface area contributed by atoms with Gasteiger partial charge in [-0.1, -0.05) is 18.2 Å². The quantitative estimate of drug-likeness (QED) is 0.671. The molecule has 1 heterocycles. The summed E-state index contributed by atoms with van der Waals surface area (Å²) < 4.78 is 0. The Hall–Kier alpha value is -3.15. The number of allylic oxidation sites excluding steroid dienone is 5. The molecule has 1 aromatic carbocycles. The molecule has 6 heteroatoms. The van der Waals surface area contributed by atoms with Crippen LogP contribution in [0.15, 0.2) is 60.5 Å². The van der Waals surface area contributed by atoms with Crippen molar-refractivity contribution in [3.05, 3.63) is 76.3 Å². The fourth-order valence-corrected chi connectivity index (χ4v) is 2.20. The first kappa shape index (κ1) is 13.8. The fraction of sp³-hybridized carbons (Fsp3) is 0.0625. The summed E-state index contributed by atoms with van der Waals surface area (Å²) in [5.41, 5.74) is 9.26. The summed E-state index contributed by atoms with van der Waals surface area (Å²) >= 11 is 0. The molecular formula is C16H14N4O2. The lowest BCUT2D eigenvalue weighted by Gasteiger charge is -1.98. The second-order valence-electron chi connectivity index (χ2n) is 4.88. The van der Waals surface area contributed by atoms with Gasteiger partial charge in [-0.2, -0.15) is 0 Å². The predicted molar refractivity (Wildman–Crippen MR) is 84.7 cm³/mol. The Bertz CT molecular complexity index is 798. The summed E-state index contributed by atoms with van der Waals surface area (Å²) in [6, 6.07) is 6.29. The largest absolute Gasteiger partial charge is 0.399 e. The van der Waals surface area contributed by atoms with Gasteiger partial charge in [-0.15, -0.1) is 0 Å². The molecule has 0 amide bonds. The first-order valence-electron chi connectivity index (χ1n) is 6.77. The molecule has 0 spiro atoms. The molecule has 1 aliphatic rings. The van der Waals surface area contributed by atoms with Crippen LogP contribution >= 0.6 is 0 Å². The lowest BCUT2D eigenvalue weighted by atomic mass is 10.1. The molecule has 0 saturated heterocycles. The number of nitrogens with one attached hydrogen (secondary N) is 1. The number of non-ortho nitro benzene ring substituents is 1. The Morgan fingerprint density at radius 3 is 2.68 bits per heavy atom. The minimum absolute atomic E-state index is 0.0616. The van der Waals surface area contributed by atoms with Crippen LogP contribution in [-0.2, 0) is 0 Å². The van der Waals surface area contributed by atoms with Gasteiger partial charge >= 0.3 is 0 Å². The number of rotatable bonds is 3. The van der Waals surface area contributed by atoms with E-state index in [1.165, 1.54) is 12.1 Å². The number of H-pyrrole nitrogens is 1. The van der Waals surface area contributed by atoms with Crippen LogP contribution in [0.5, 0.6) is 0 Å². The van der Waals surface area contributed by atoms with E-state index in [4.69, 9.17) is 5.73 Å². The van der Waals surface area contributed by atoms with Crippen molar-refractivity contribution in [1.82, 2.24) is 9.97 Å². The van der Waals surface area contributed by atoms with Crippen LogP contribution in [0.1, 0.15) is 12.1 Å². The Balaban J connectivity index is 1.86. The molecule has 3 rings (SSSR count). The van der Waals surface area contributed by atoms with Gasteiger partial charge in [0.25, 0.3) is 5.69 Å². The molecule has 0 atom stereocenters. The highest BCUT2D eigenvalue weighted by atomic mass is 16.6. The van der Waals surface area contributed by atoms with E-state index in [0.717, 1.165) is 28.9 Å². The van der Waals surface area contributed by atoms with Gasteiger partial charge in [-0.05, 0) is 30.2 Å². The third-order valence-electron chi connectivity index (χ3n) is 3.39. The molecule has 0 fully saturated rings. The van der Waals surface area contributed by atoms with E-state index >= 15 is 0 Å². The van der Waals surface area contributed by atoms with E-state index in [9.17, 15) is 10.1 Å². The van der Waals surface area contributed by atoms with Crippen molar-refractivity contribution in [3.63, 3.8) is 0 Å². The third-order valence-corrected chi connectivity index (χ3v) is 3.39. The molecule has 2 aromatic rings. The summed E-state index contributed by atoms with van der Waals surface area (Å²) in [5, 5.41) is 10.7. The number of imidazole rings is 1. The van der Waals surface area contributed by atoms with Crippen molar-refractivity contribution in [3.8, 4) is 11.4 Å². The van der Waals surface area contributed by atoms with E-state index in [2.05, 4.69) is 16.0 Å². The molecule has 0 bridgehead atoms. The zero-order valence-corrected chi connectivity index (χ0v) is 11.7. The highest BCUT2D eigenvalue weighted by molar-refractivity contribution is 5.74. The molecule has 110 valence electrons. The fourth-order valence-electron chi connectivity index (χ4n) is 2.20. The molecule has 0 saturated carbocycles. The van der Waals surface area contributed by atoms with E-state index in [-0.39, 0.29) is 5.69 Å². The lowest BCUT2D eigenvalue weighted by Crippen LogP contribution is -1.90. The van der Waals surface area contributed by atoms with E-state index in [0.29, 0.717) is 5.82 Å². The highest BCUT2D eigenvalue weighted by Gasteiger charge is 2.09. The van der Waals surface area contributed by atoms with Crippen LogP contribution in [0.2, 0.25) is 0 Å². The number of nitrogens with zero attached hydrogens (tertiary/aromatic N) is 2. The zero-order chi connectivity index (χ0) is 15.5. The smallest absolute Gasteiger partial charge is 0.269 e. The van der Waals surface area contributed by atoms with Gasteiger partial charge in [0.15, 0.2) is 0 Å². The van der Waals surface area contributed by atoms with E-state index < -0.39 is 4.92 Å². The van der Waals surface area contributed by atoms with Crippen molar-refractivity contribution in [2.75, 3.05) is 0 Å². The van der Waals surface area contributed by atoms with E-state index in [1.54, 1.807) is 18.3 Å². The van der Waals surface area contributed by atoms with E-state index in [1.807, 2.05) is 18.2 Å². The predicted octanol–water partition coefficient (Wildman–Crippen LogP) is 3.17. The van der Waals surface area contributed by atoms with Gasteiger partial charge in [-0.25, -0.2) is 4.98 Å². The molecule has 1 aliphatic carbocycles. The molecule has 1 aromatic heterocycles. The number of hydrogen-bond acceptors (Lipinski definition) is 4. The molecular weight excluding hydrogens is 280 g/mol. The van der Waals surface area contributed by atoms with Crippen molar-refractivity contribution < 1.29 is 4.92 Å². The number of aromatic nitrogens is 2. The average Bonchev–Trinajstić information content (AvgIpc) is 2.91. The summed E-state index contributed by atoms with van der Waals surface area (Å²) in [7, 11) is 0. The summed E-state index contributed by atoms with van der Waals surface area (Å²) in [5.74, 6) is 0.671. The molecule has 0 unspecified atom stereocenters. The number of benzene rings is 1.